The lowest BCUT2D eigenvalue weighted by Gasteiger charge is -2.18. The normalized spacial score (nSPS) is 24.9. The van der Waals surface area contributed by atoms with Gasteiger partial charge in [0.15, 0.2) is 0 Å². The lowest BCUT2D eigenvalue weighted by Crippen LogP contribution is -2.19. The Labute approximate surface area is 98.6 Å². The van der Waals surface area contributed by atoms with Gasteiger partial charge in [-0.05, 0) is 43.4 Å². The maximum absolute atomic E-state index is 12.5. The summed E-state index contributed by atoms with van der Waals surface area (Å²) in [5.74, 6) is 0.739. The number of halogens is 3. The van der Waals surface area contributed by atoms with Crippen molar-refractivity contribution < 1.29 is 17.9 Å². The molecule has 2 atom stereocenters. The van der Waals surface area contributed by atoms with Crippen molar-refractivity contribution in [1.29, 1.82) is 0 Å². The van der Waals surface area contributed by atoms with Crippen molar-refractivity contribution in [2.24, 2.45) is 5.92 Å². The molecule has 0 spiro atoms. The molecular formula is C13H15F3O. The molecule has 1 aromatic rings. The Morgan fingerprint density at radius 1 is 1.24 bits per heavy atom. The molecule has 1 nitrogen and oxygen atoms in total. The zero-order chi connectivity index (χ0) is 12.5. The summed E-state index contributed by atoms with van der Waals surface area (Å²) in [5, 5.41) is 0. The Morgan fingerprint density at radius 2 is 2.00 bits per heavy atom. The number of alkyl halides is 3. The Hall–Kier alpha value is -1.19. The molecule has 0 heterocycles. The van der Waals surface area contributed by atoms with Crippen LogP contribution in [0.5, 0.6) is 5.75 Å². The molecule has 1 aliphatic carbocycles. The zero-order valence-corrected chi connectivity index (χ0v) is 9.63. The minimum Gasteiger partial charge on any atom is -0.490 e. The van der Waals surface area contributed by atoms with Crippen LogP contribution in [0.1, 0.15) is 31.7 Å². The highest BCUT2D eigenvalue weighted by molar-refractivity contribution is 5.30. The van der Waals surface area contributed by atoms with Gasteiger partial charge in [0.1, 0.15) is 11.9 Å². The van der Waals surface area contributed by atoms with Crippen LogP contribution in [0.3, 0.4) is 0 Å². The van der Waals surface area contributed by atoms with Crippen molar-refractivity contribution in [3.63, 3.8) is 0 Å². The number of hydrogen-bond donors (Lipinski definition) is 0. The van der Waals surface area contributed by atoms with Crippen molar-refractivity contribution in [2.75, 3.05) is 0 Å². The first kappa shape index (κ1) is 12.3. The van der Waals surface area contributed by atoms with Crippen molar-refractivity contribution in [3.8, 4) is 5.75 Å². The second kappa shape index (κ2) is 4.59. The first-order chi connectivity index (χ1) is 7.97. The Balaban J connectivity index is 2.11. The smallest absolute Gasteiger partial charge is 0.416 e. The molecule has 2 unspecified atom stereocenters. The van der Waals surface area contributed by atoms with Gasteiger partial charge in [-0.2, -0.15) is 13.2 Å². The molecular weight excluding hydrogens is 229 g/mol. The summed E-state index contributed by atoms with van der Waals surface area (Å²) in [6.07, 6.45) is -1.15. The van der Waals surface area contributed by atoms with Gasteiger partial charge in [0.2, 0.25) is 0 Å². The predicted molar refractivity (Wildman–Crippen MR) is 58.9 cm³/mol. The monoisotopic (exact) mass is 244 g/mol. The SMILES string of the molecule is CC1CCCC1Oc1cccc(C(F)(F)F)c1. The number of ether oxygens (including phenoxy) is 1. The van der Waals surface area contributed by atoms with E-state index in [0.29, 0.717) is 11.7 Å². The fourth-order valence-electron chi connectivity index (χ4n) is 2.21. The maximum Gasteiger partial charge on any atom is 0.416 e. The van der Waals surface area contributed by atoms with E-state index in [1.54, 1.807) is 6.07 Å². The van der Waals surface area contributed by atoms with Crippen molar-refractivity contribution in [3.05, 3.63) is 29.8 Å². The van der Waals surface area contributed by atoms with Crippen molar-refractivity contribution in [1.82, 2.24) is 0 Å². The molecule has 1 aromatic carbocycles. The summed E-state index contributed by atoms with van der Waals surface area (Å²) in [4.78, 5) is 0. The standard InChI is InChI=1S/C13H15F3O/c1-9-4-2-7-12(9)17-11-6-3-5-10(8-11)13(14,15)16/h3,5-6,8-9,12H,2,4,7H2,1H3. The molecule has 17 heavy (non-hydrogen) atoms. The third kappa shape index (κ3) is 2.93. The molecule has 4 heteroatoms. The fraction of sp³-hybridized carbons (Fsp3) is 0.538. The molecule has 1 aliphatic rings. The lowest BCUT2D eigenvalue weighted by atomic mass is 10.1. The molecule has 0 saturated heterocycles. The Morgan fingerprint density at radius 3 is 2.59 bits per heavy atom. The zero-order valence-electron chi connectivity index (χ0n) is 9.63. The highest BCUT2D eigenvalue weighted by atomic mass is 19.4. The number of rotatable bonds is 2. The van der Waals surface area contributed by atoms with E-state index in [-0.39, 0.29) is 6.10 Å². The third-order valence-corrected chi connectivity index (χ3v) is 3.23. The van der Waals surface area contributed by atoms with E-state index in [2.05, 4.69) is 6.92 Å². The van der Waals surface area contributed by atoms with Crippen LogP contribution in [0.15, 0.2) is 24.3 Å². The average Bonchev–Trinajstić information content (AvgIpc) is 2.64. The summed E-state index contributed by atoms with van der Waals surface area (Å²) in [7, 11) is 0. The van der Waals surface area contributed by atoms with Crippen LogP contribution in [0, 0.1) is 5.92 Å². The third-order valence-electron chi connectivity index (χ3n) is 3.23. The first-order valence-corrected chi connectivity index (χ1v) is 5.81. The van der Waals surface area contributed by atoms with Gasteiger partial charge in [-0.1, -0.05) is 13.0 Å². The largest absolute Gasteiger partial charge is 0.490 e. The van der Waals surface area contributed by atoms with E-state index in [0.717, 1.165) is 31.4 Å². The van der Waals surface area contributed by atoms with Gasteiger partial charge < -0.3 is 4.74 Å². The highest BCUT2D eigenvalue weighted by Gasteiger charge is 2.31. The predicted octanol–water partition coefficient (Wildman–Crippen LogP) is 4.27. The minimum atomic E-state index is -4.30. The summed E-state index contributed by atoms with van der Waals surface area (Å²) >= 11 is 0. The van der Waals surface area contributed by atoms with Crippen LogP contribution in [-0.2, 0) is 6.18 Å². The van der Waals surface area contributed by atoms with Crippen molar-refractivity contribution in [2.45, 2.75) is 38.5 Å². The first-order valence-electron chi connectivity index (χ1n) is 5.81. The molecule has 2 rings (SSSR count). The molecule has 0 amide bonds. The number of benzene rings is 1. The van der Waals surface area contributed by atoms with Crippen LogP contribution in [0.25, 0.3) is 0 Å². The van der Waals surface area contributed by atoms with Gasteiger partial charge >= 0.3 is 6.18 Å². The van der Waals surface area contributed by atoms with E-state index < -0.39 is 11.7 Å². The summed E-state index contributed by atoms with van der Waals surface area (Å²) in [6, 6.07) is 5.11. The molecule has 0 aliphatic heterocycles. The molecule has 94 valence electrons. The molecule has 1 fully saturated rings. The molecule has 0 aromatic heterocycles. The summed E-state index contributed by atoms with van der Waals surface area (Å²) < 4.78 is 43.1. The van der Waals surface area contributed by atoms with Gasteiger partial charge in [0.05, 0.1) is 5.56 Å². The van der Waals surface area contributed by atoms with Crippen molar-refractivity contribution >= 4 is 0 Å². The van der Waals surface area contributed by atoms with Crippen LogP contribution in [-0.4, -0.2) is 6.10 Å². The van der Waals surface area contributed by atoms with E-state index in [1.807, 2.05) is 0 Å². The topological polar surface area (TPSA) is 9.23 Å². The molecule has 0 bridgehead atoms. The fourth-order valence-corrected chi connectivity index (χ4v) is 2.21. The molecule has 0 N–H and O–H groups in total. The van der Waals surface area contributed by atoms with Crippen LogP contribution < -0.4 is 4.74 Å². The van der Waals surface area contributed by atoms with Crippen LogP contribution >= 0.6 is 0 Å². The van der Waals surface area contributed by atoms with Gasteiger partial charge in [-0.15, -0.1) is 0 Å². The van der Waals surface area contributed by atoms with Gasteiger partial charge in [-0.25, -0.2) is 0 Å². The second-order valence-corrected chi connectivity index (χ2v) is 4.59. The summed E-state index contributed by atoms with van der Waals surface area (Å²) in [5.41, 5.74) is -0.652. The Bertz CT molecular complexity index is 386. The maximum atomic E-state index is 12.5. The van der Waals surface area contributed by atoms with E-state index in [1.165, 1.54) is 6.07 Å². The molecule has 1 saturated carbocycles. The average molecular weight is 244 g/mol. The Kier molecular flexibility index (Phi) is 3.31. The lowest BCUT2D eigenvalue weighted by molar-refractivity contribution is -0.137. The van der Waals surface area contributed by atoms with E-state index in [9.17, 15) is 13.2 Å². The van der Waals surface area contributed by atoms with E-state index >= 15 is 0 Å². The van der Waals surface area contributed by atoms with Crippen LogP contribution in [0.2, 0.25) is 0 Å². The quantitative estimate of drug-likeness (QED) is 0.754. The highest BCUT2D eigenvalue weighted by Crippen LogP contribution is 2.33. The van der Waals surface area contributed by atoms with Gasteiger partial charge in [0, 0.05) is 0 Å². The second-order valence-electron chi connectivity index (χ2n) is 4.59. The van der Waals surface area contributed by atoms with Gasteiger partial charge in [0.25, 0.3) is 0 Å². The van der Waals surface area contributed by atoms with Gasteiger partial charge in [-0.3, -0.25) is 0 Å². The van der Waals surface area contributed by atoms with E-state index in [4.69, 9.17) is 4.74 Å². The van der Waals surface area contributed by atoms with Crippen LogP contribution in [0.4, 0.5) is 13.2 Å². The number of hydrogen-bond acceptors (Lipinski definition) is 1. The summed E-state index contributed by atoms with van der Waals surface area (Å²) in [6.45, 7) is 2.07. The minimum absolute atomic E-state index is 0.0542. The molecule has 0 radical (unpaired) electrons.